The molecular formula is C12H10Cl2F7NO2. The molecular weight excluding hydrogens is 394 g/mol. The zero-order valence-corrected chi connectivity index (χ0v) is 13.0. The maximum absolute atomic E-state index is 13.9. The van der Waals surface area contributed by atoms with Gasteiger partial charge in [-0.3, -0.25) is 0 Å². The molecule has 24 heavy (non-hydrogen) atoms. The van der Waals surface area contributed by atoms with Crippen LogP contribution >= 0.6 is 23.2 Å². The lowest BCUT2D eigenvalue weighted by Gasteiger charge is -2.30. The summed E-state index contributed by atoms with van der Waals surface area (Å²) in [5.41, 5.74) is -7.80. The molecule has 3 nitrogen and oxygen atoms in total. The Morgan fingerprint density at radius 3 is 1.71 bits per heavy atom. The Balaban J connectivity index is 3.37. The van der Waals surface area contributed by atoms with Gasteiger partial charge in [0.2, 0.25) is 0 Å². The molecule has 0 aliphatic rings. The van der Waals surface area contributed by atoms with Crippen LogP contribution in [-0.4, -0.2) is 41.8 Å². The van der Waals surface area contributed by atoms with Crippen LogP contribution < -0.4 is 5.32 Å². The summed E-state index contributed by atoms with van der Waals surface area (Å²) < 4.78 is 90.1. The number of anilines is 1. The summed E-state index contributed by atoms with van der Waals surface area (Å²) in [6, 6.07) is 0.282. The van der Waals surface area contributed by atoms with Crippen LogP contribution in [0.4, 0.5) is 36.4 Å². The maximum Gasteiger partial charge on any atom is 0.435 e. The van der Waals surface area contributed by atoms with Crippen molar-refractivity contribution in [1.82, 2.24) is 0 Å². The molecule has 1 aromatic rings. The topological polar surface area (TPSA) is 52.5 Å². The van der Waals surface area contributed by atoms with Crippen LogP contribution in [0.25, 0.3) is 0 Å². The highest BCUT2D eigenvalue weighted by Crippen LogP contribution is 2.54. The minimum Gasteiger partial charge on any atom is -0.394 e. The molecule has 0 amide bonds. The molecule has 138 valence electrons. The molecule has 0 aromatic heterocycles. The predicted octanol–water partition coefficient (Wildman–Crippen LogP) is 4.05. The van der Waals surface area contributed by atoms with Crippen LogP contribution in [0.2, 0.25) is 10.0 Å². The van der Waals surface area contributed by atoms with Crippen LogP contribution in [0.3, 0.4) is 0 Å². The lowest BCUT2D eigenvalue weighted by atomic mass is 9.94. The molecule has 0 aliphatic carbocycles. The minimum absolute atomic E-state index is 0.141. The number of halogens is 9. The highest BCUT2D eigenvalue weighted by atomic mass is 35.5. The number of hydrogen-bond acceptors (Lipinski definition) is 3. The van der Waals surface area contributed by atoms with Gasteiger partial charge >= 0.3 is 18.0 Å². The van der Waals surface area contributed by atoms with Crippen molar-refractivity contribution in [2.24, 2.45) is 0 Å². The maximum atomic E-state index is 13.9. The molecule has 0 fully saturated rings. The SMILES string of the molecule is OCC(O)CNc1c(Cl)cc(C(F)(C(F)(F)F)C(F)(F)F)cc1Cl. The Kier molecular flexibility index (Phi) is 6.24. The first-order chi connectivity index (χ1) is 10.8. The molecule has 0 bridgehead atoms. The Morgan fingerprint density at radius 1 is 0.958 bits per heavy atom. The van der Waals surface area contributed by atoms with E-state index in [-0.39, 0.29) is 24.4 Å². The van der Waals surface area contributed by atoms with Crippen LogP contribution in [0.1, 0.15) is 5.56 Å². The summed E-state index contributed by atoms with van der Waals surface area (Å²) in [7, 11) is 0. The van der Waals surface area contributed by atoms with Gasteiger partial charge in [0.25, 0.3) is 0 Å². The molecule has 1 aromatic carbocycles. The van der Waals surface area contributed by atoms with E-state index in [9.17, 15) is 30.7 Å². The van der Waals surface area contributed by atoms with Crippen molar-refractivity contribution in [3.8, 4) is 0 Å². The van der Waals surface area contributed by atoms with E-state index in [1.54, 1.807) is 0 Å². The highest BCUT2D eigenvalue weighted by Gasteiger charge is 2.73. The summed E-state index contributed by atoms with van der Waals surface area (Å²) in [6.45, 7) is -1.02. The van der Waals surface area contributed by atoms with Crippen LogP contribution in [-0.2, 0) is 5.67 Å². The zero-order chi connectivity index (χ0) is 18.9. The van der Waals surface area contributed by atoms with Gasteiger partial charge in [-0.25, -0.2) is 4.39 Å². The number of rotatable bonds is 5. The van der Waals surface area contributed by atoms with Crippen LogP contribution in [0.15, 0.2) is 12.1 Å². The number of alkyl halides is 7. The van der Waals surface area contributed by atoms with Crippen molar-refractivity contribution in [3.63, 3.8) is 0 Å². The van der Waals surface area contributed by atoms with Gasteiger partial charge in [0.05, 0.1) is 28.4 Å². The van der Waals surface area contributed by atoms with Gasteiger partial charge in [-0.15, -0.1) is 0 Å². The van der Waals surface area contributed by atoms with Gasteiger partial charge in [0.15, 0.2) is 0 Å². The molecule has 0 spiro atoms. The van der Waals surface area contributed by atoms with Crippen molar-refractivity contribution in [2.45, 2.75) is 24.1 Å². The average Bonchev–Trinajstić information content (AvgIpc) is 2.42. The third kappa shape index (κ3) is 3.98. The molecule has 0 radical (unpaired) electrons. The fourth-order valence-corrected chi connectivity index (χ4v) is 2.33. The summed E-state index contributed by atoms with van der Waals surface area (Å²) in [5.74, 6) is 0. The monoisotopic (exact) mass is 403 g/mol. The normalized spacial score (nSPS) is 14.6. The first kappa shape index (κ1) is 21.1. The number of hydrogen-bond donors (Lipinski definition) is 3. The molecule has 0 saturated carbocycles. The highest BCUT2D eigenvalue weighted by molar-refractivity contribution is 6.39. The molecule has 12 heteroatoms. The summed E-state index contributed by atoms with van der Waals surface area (Å²) in [6.07, 6.45) is -13.9. The quantitative estimate of drug-likeness (QED) is 0.650. The lowest BCUT2D eigenvalue weighted by Crippen LogP contribution is -2.50. The Morgan fingerprint density at radius 2 is 1.38 bits per heavy atom. The van der Waals surface area contributed by atoms with Crippen molar-refractivity contribution < 1.29 is 40.9 Å². The first-order valence-corrected chi connectivity index (χ1v) is 6.86. The molecule has 1 rings (SSSR count). The Bertz CT molecular complexity index is 555. The van der Waals surface area contributed by atoms with Crippen molar-refractivity contribution >= 4 is 28.9 Å². The second-order valence-electron chi connectivity index (χ2n) is 4.69. The number of aliphatic hydroxyl groups excluding tert-OH is 2. The van der Waals surface area contributed by atoms with Gasteiger partial charge in [0, 0.05) is 12.1 Å². The second kappa shape index (κ2) is 7.11. The second-order valence-corrected chi connectivity index (χ2v) is 5.50. The van der Waals surface area contributed by atoms with E-state index < -0.39 is 46.3 Å². The van der Waals surface area contributed by atoms with Gasteiger partial charge in [-0.1, -0.05) is 23.2 Å². The van der Waals surface area contributed by atoms with Crippen molar-refractivity contribution in [1.29, 1.82) is 0 Å². The van der Waals surface area contributed by atoms with Crippen molar-refractivity contribution in [3.05, 3.63) is 27.7 Å². The predicted molar refractivity (Wildman–Crippen MR) is 72.9 cm³/mol. The third-order valence-corrected chi connectivity index (χ3v) is 3.54. The third-order valence-electron chi connectivity index (χ3n) is 2.95. The first-order valence-electron chi connectivity index (χ1n) is 6.10. The van der Waals surface area contributed by atoms with Crippen LogP contribution in [0, 0.1) is 0 Å². The zero-order valence-electron chi connectivity index (χ0n) is 11.4. The largest absolute Gasteiger partial charge is 0.435 e. The number of aliphatic hydroxyl groups is 2. The van der Waals surface area contributed by atoms with E-state index in [1.165, 1.54) is 0 Å². The molecule has 1 unspecified atom stereocenters. The molecule has 0 aliphatic heterocycles. The smallest absolute Gasteiger partial charge is 0.394 e. The molecule has 3 N–H and O–H groups in total. The standard InChI is InChI=1S/C12H10Cl2F7NO2/c13-7-1-5(10(15,11(16,17)18)12(19,20)21)2-8(14)9(7)22-3-6(24)4-23/h1-2,6,22-24H,3-4H2. The van der Waals surface area contributed by atoms with Gasteiger partial charge in [0.1, 0.15) is 0 Å². The van der Waals surface area contributed by atoms with E-state index in [1.807, 2.05) is 0 Å². The van der Waals surface area contributed by atoms with E-state index in [2.05, 4.69) is 5.32 Å². The van der Waals surface area contributed by atoms with Gasteiger partial charge in [-0.2, -0.15) is 26.3 Å². The van der Waals surface area contributed by atoms with Crippen molar-refractivity contribution in [2.75, 3.05) is 18.5 Å². The Labute approximate surface area is 141 Å². The fraction of sp³-hybridized carbons (Fsp3) is 0.500. The number of nitrogens with one attached hydrogen (secondary N) is 1. The van der Waals surface area contributed by atoms with E-state index >= 15 is 0 Å². The molecule has 0 saturated heterocycles. The molecule has 1 atom stereocenters. The Hall–Kier alpha value is -0.970. The number of benzene rings is 1. The molecule has 0 heterocycles. The summed E-state index contributed by atoms with van der Waals surface area (Å²) in [5, 5.41) is 18.6. The van der Waals surface area contributed by atoms with E-state index in [4.69, 9.17) is 33.4 Å². The summed E-state index contributed by atoms with van der Waals surface area (Å²) in [4.78, 5) is 0. The average molecular weight is 404 g/mol. The van der Waals surface area contributed by atoms with Gasteiger partial charge in [-0.05, 0) is 12.1 Å². The lowest BCUT2D eigenvalue weighted by molar-refractivity contribution is -0.348. The van der Waals surface area contributed by atoms with Gasteiger partial charge < -0.3 is 15.5 Å². The van der Waals surface area contributed by atoms with E-state index in [0.29, 0.717) is 0 Å². The fourth-order valence-electron chi connectivity index (χ4n) is 1.71. The van der Waals surface area contributed by atoms with Crippen LogP contribution in [0.5, 0.6) is 0 Å². The van der Waals surface area contributed by atoms with E-state index in [0.717, 1.165) is 0 Å². The minimum atomic E-state index is -6.29. The summed E-state index contributed by atoms with van der Waals surface area (Å²) >= 11 is 11.2.